The molecule has 0 spiro atoms. The summed E-state index contributed by atoms with van der Waals surface area (Å²) < 4.78 is 4.87. The van der Waals surface area contributed by atoms with Crippen molar-refractivity contribution in [3.05, 3.63) is 141 Å². The van der Waals surface area contributed by atoms with Gasteiger partial charge in [0.25, 0.3) is 0 Å². The first-order valence-corrected chi connectivity index (χ1v) is 13.7. The Labute approximate surface area is 234 Å². The van der Waals surface area contributed by atoms with Gasteiger partial charge in [-0.3, -0.25) is 0 Å². The van der Waals surface area contributed by atoms with Gasteiger partial charge >= 0.3 is 5.97 Å². The Kier molecular flexibility index (Phi) is 8.16. The minimum absolute atomic E-state index is 0.000670. The smallest absolute Gasteiger partial charge is 0.337 e. The molecule has 5 heteroatoms. The van der Waals surface area contributed by atoms with Crippen molar-refractivity contribution in [2.75, 3.05) is 13.7 Å². The van der Waals surface area contributed by atoms with Gasteiger partial charge in [0.05, 0.1) is 12.7 Å². The zero-order chi connectivity index (χ0) is 27.4. The van der Waals surface area contributed by atoms with Crippen molar-refractivity contribution in [2.24, 2.45) is 5.73 Å². The maximum atomic E-state index is 11.9. The molecule has 0 radical (unpaired) electrons. The molecular weight excluding hydrogens is 504 g/mol. The fourth-order valence-electron chi connectivity index (χ4n) is 5.66. The lowest BCUT2D eigenvalue weighted by Gasteiger charge is -2.24. The van der Waals surface area contributed by atoms with E-state index in [0.29, 0.717) is 17.1 Å². The molecule has 0 aliphatic carbocycles. The number of ether oxygens (including phenoxy) is 1. The van der Waals surface area contributed by atoms with Gasteiger partial charge in [-0.2, -0.15) is 0 Å². The number of carbonyl (C=O) groups is 1. The van der Waals surface area contributed by atoms with Gasteiger partial charge in [-0.1, -0.05) is 85.3 Å². The van der Waals surface area contributed by atoms with Crippen molar-refractivity contribution in [1.82, 2.24) is 4.98 Å². The molecule has 198 valence electrons. The van der Waals surface area contributed by atoms with Gasteiger partial charge < -0.3 is 15.5 Å². The number of H-pyrrole nitrogens is 1. The van der Waals surface area contributed by atoms with Crippen LogP contribution in [0.25, 0.3) is 10.9 Å². The molecule has 0 aliphatic rings. The lowest BCUT2D eigenvalue weighted by molar-refractivity contribution is 0.0600. The molecule has 4 aromatic carbocycles. The van der Waals surface area contributed by atoms with Crippen molar-refractivity contribution >= 4 is 28.5 Å². The molecule has 3 N–H and O–H groups in total. The van der Waals surface area contributed by atoms with E-state index < -0.39 is 0 Å². The molecule has 5 rings (SSSR count). The summed E-state index contributed by atoms with van der Waals surface area (Å²) in [5.74, 6) is -0.159. The molecule has 4 nitrogen and oxygen atoms in total. The number of fused-ring (bicyclic) bond motifs is 1. The maximum Gasteiger partial charge on any atom is 0.337 e. The van der Waals surface area contributed by atoms with Crippen molar-refractivity contribution in [1.29, 1.82) is 0 Å². The number of carbonyl (C=O) groups excluding carboxylic acids is 1. The minimum atomic E-state index is -0.329. The summed E-state index contributed by atoms with van der Waals surface area (Å²) in [5, 5.41) is 1.84. The number of esters is 1. The highest BCUT2D eigenvalue weighted by Gasteiger charge is 2.28. The van der Waals surface area contributed by atoms with Crippen LogP contribution in [0.4, 0.5) is 0 Å². The molecule has 2 unspecified atom stereocenters. The van der Waals surface area contributed by atoms with E-state index in [-0.39, 0.29) is 17.8 Å². The number of hydrogen-bond donors (Lipinski definition) is 2. The molecule has 0 fully saturated rings. The summed E-state index contributed by atoms with van der Waals surface area (Å²) >= 11 is 6.53. The lowest BCUT2D eigenvalue weighted by atomic mass is 9.80. The highest BCUT2D eigenvalue weighted by Crippen LogP contribution is 2.42. The van der Waals surface area contributed by atoms with Crippen molar-refractivity contribution in [3.63, 3.8) is 0 Å². The third kappa shape index (κ3) is 5.63. The fraction of sp³-hybridized carbons (Fsp3) is 0.206. The monoisotopic (exact) mass is 536 g/mol. The molecule has 0 amide bonds. The van der Waals surface area contributed by atoms with Crippen molar-refractivity contribution < 1.29 is 9.53 Å². The number of hydrogen-bond acceptors (Lipinski definition) is 3. The number of halogens is 1. The summed E-state index contributed by atoms with van der Waals surface area (Å²) in [7, 11) is 1.40. The normalized spacial score (nSPS) is 12.8. The molecule has 0 saturated carbocycles. The zero-order valence-electron chi connectivity index (χ0n) is 22.3. The quantitative estimate of drug-likeness (QED) is 0.190. The van der Waals surface area contributed by atoms with Gasteiger partial charge in [-0.25, -0.2) is 4.79 Å². The minimum Gasteiger partial charge on any atom is -0.465 e. The van der Waals surface area contributed by atoms with E-state index in [1.54, 1.807) is 0 Å². The first kappa shape index (κ1) is 26.7. The Morgan fingerprint density at radius 2 is 1.67 bits per heavy atom. The first-order valence-electron chi connectivity index (χ1n) is 13.3. The third-order valence-corrected chi connectivity index (χ3v) is 7.68. The van der Waals surface area contributed by atoms with Crippen LogP contribution in [0, 0.1) is 0 Å². The number of nitrogens with two attached hydrogens (primary N) is 1. The Bertz CT molecular complexity index is 1570. The second-order valence-electron chi connectivity index (χ2n) is 10.0. The van der Waals surface area contributed by atoms with Crippen molar-refractivity contribution in [2.45, 2.75) is 31.6 Å². The second kappa shape index (κ2) is 11.9. The van der Waals surface area contributed by atoms with E-state index in [4.69, 9.17) is 22.1 Å². The van der Waals surface area contributed by atoms with Crippen LogP contribution in [-0.4, -0.2) is 24.6 Å². The average Bonchev–Trinajstić information content (AvgIpc) is 3.33. The predicted molar refractivity (Wildman–Crippen MR) is 160 cm³/mol. The van der Waals surface area contributed by atoms with E-state index in [2.05, 4.69) is 78.6 Å². The summed E-state index contributed by atoms with van der Waals surface area (Å²) in [6.07, 6.45) is 1.61. The van der Waals surface area contributed by atoms with Crippen LogP contribution in [0.5, 0.6) is 0 Å². The Hall–Kier alpha value is -3.86. The second-order valence-corrected chi connectivity index (χ2v) is 10.5. The first-order chi connectivity index (χ1) is 19.0. The van der Waals surface area contributed by atoms with Crippen molar-refractivity contribution in [3.8, 4) is 0 Å². The van der Waals surface area contributed by atoms with Crippen LogP contribution in [0.15, 0.2) is 97.1 Å². The summed E-state index contributed by atoms with van der Waals surface area (Å²) in [6.45, 7) is 2.85. The average molecular weight is 537 g/mol. The van der Waals surface area contributed by atoms with Crippen LogP contribution in [0.1, 0.15) is 62.6 Å². The number of nitrogens with one attached hydrogen (secondary N) is 1. The molecule has 1 aromatic heterocycles. The fourth-order valence-corrected chi connectivity index (χ4v) is 5.83. The number of methoxy groups -OCH3 is 1. The van der Waals surface area contributed by atoms with Gasteiger partial charge in [-0.05, 0) is 83.5 Å². The topological polar surface area (TPSA) is 68.1 Å². The van der Waals surface area contributed by atoms with Gasteiger partial charge in [0, 0.05) is 27.5 Å². The summed E-state index contributed by atoms with van der Waals surface area (Å²) in [6, 6.07) is 33.0. The molecular formula is C34H33ClN2O2. The molecule has 5 aromatic rings. The van der Waals surface area contributed by atoms with Gasteiger partial charge in [0.15, 0.2) is 0 Å². The van der Waals surface area contributed by atoms with Gasteiger partial charge in [0.2, 0.25) is 0 Å². The van der Waals surface area contributed by atoms with Crippen LogP contribution in [0.2, 0.25) is 5.02 Å². The van der Waals surface area contributed by atoms with E-state index >= 15 is 0 Å². The van der Waals surface area contributed by atoms with Gasteiger partial charge in [-0.15, -0.1) is 0 Å². The molecule has 39 heavy (non-hydrogen) atoms. The van der Waals surface area contributed by atoms with Crippen LogP contribution in [0.3, 0.4) is 0 Å². The van der Waals surface area contributed by atoms with Gasteiger partial charge in [0.1, 0.15) is 0 Å². The molecule has 0 bridgehead atoms. The largest absolute Gasteiger partial charge is 0.465 e. The highest BCUT2D eigenvalue weighted by molar-refractivity contribution is 6.31. The number of aromatic nitrogens is 1. The number of rotatable bonds is 9. The maximum absolute atomic E-state index is 11.9. The Balaban J connectivity index is 1.66. The van der Waals surface area contributed by atoms with Crippen LogP contribution >= 0.6 is 11.6 Å². The Morgan fingerprint density at radius 1 is 0.949 bits per heavy atom. The molecule has 2 atom stereocenters. The summed E-state index contributed by atoms with van der Waals surface area (Å²) in [4.78, 5) is 15.7. The van der Waals surface area contributed by atoms with Crippen LogP contribution in [-0.2, 0) is 17.6 Å². The summed E-state index contributed by atoms with van der Waals surface area (Å²) in [5.41, 5.74) is 14.9. The number of aromatic amines is 1. The lowest BCUT2D eigenvalue weighted by Crippen LogP contribution is -2.13. The molecule has 1 heterocycles. The SMILES string of the molecule is COC(=O)c1ccc(CC(C)c2c(C(c3ccccc3)c3ccccc3CCN)[nH]c3ccc(Cl)cc23)cc1. The predicted octanol–water partition coefficient (Wildman–Crippen LogP) is 7.64. The molecule has 0 aliphatic heterocycles. The van der Waals surface area contributed by atoms with Crippen LogP contribution < -0.4 is 5.73 Å². The zero-order valence-corrected chi connectivity index (χ0v) is 23.0. The van der Waals surface area contributed by atoms with E-state index in [1.807, 2.05) is 30.3 Å². The molecule has 0 saturated heterocycles. The van der Waals surface area contributed by atoms with E-state index in [9.17, 15) is 4.79 Å². The third-order valence-electron chi connectivity index (χ3n) is 7.44. The standard InChI is InChI=1S/C34H33ClN2O2/c1-22(20-23-12-14-26(15-13-23)34(38)39-2)31-29-21-27(35)16-17-30(29)37-33(31)32(25-9-4-3-5-10-25)28-11-7-6-8-24(28)18-19-36/h3-17,21-22,32,37H,18-20,36H2,1-2H3. The van der Waals surface area contributed by atoms with E-state index in [1.165, 1.54) is 35.1 Å². The Morgan fingerprint density at radius 3 is 2.38 bits per heavy atom. The van der Waals surface area contributed by atoms with E-state index in [0.717, 1.165) is 29.3 Å². The highest BCUT2D eigenvalue weighted by atomic mass is 35.5. The number of benzene rings is 4.